The molecule has 2 fully saturated rings. The van der Waals surface area contributed by atoms with Crippen LogP contribution in [-0.4, -0.2) is 30.1 Å². The zero-order valence-corrected chi connectivity index (χ0v) is 12.4. The van der Waals surface area contributed by atoms with E-state index >= 15 is 0 Å². The standard InChI is InChI=1S/C16H24N2S/c1-5-14(12-8-11-19-16(12)7-1)18-10-3-6-15(18)13-4-2-9-17-13/h8,11,13-15,17H,1-7,9-10H2. The molecule has 0 aromatic carbocycles. The third-order valence-corrected chi connectivity index (χ3v) is 6.32. The van der Waals surface area contributed by atoms with Crippen LogP contribution >= 0.6 is 11.3 Å². The van der Waals surface area contributed by atoms with Gasteiger partial charge >= 0.3 is 0 Å². The van der Waals surface area contributed by atoms with Crippen LogP contribution < -0.4 is 5.32 Å². The Morgan fingerprint density at radius 3 is 3.05 bits per heavy atom. The lowest BCUT2D eigenvalue weighted by Crippen LogP contribution is -2.45. The monoisotopic (exact) mass is 276 g/mol. The van der Waals surface area contributed by atoms with Crippen LogP contribution in [0, 0.1) is 0 Å². The second-order valence-corrected chi connectivity index (χ2v) is 7.36. The quantitative estimate of drug-likeness (QED) is 0.891. The number of likely N-dealkylation sites (tertiary alicyclic amines) is 1. The molecule has 104 valence electrons. The van der Waals surface area contributed by atoms with E-state index in [2.05, 4.69) is 21.7 Å². The summed E-state index contributed by atoms with van der Waals surface area (Å²) in [5.41, 5.74) is 1.67. The van der Waals surface area contributed by atoms with E-state index < -0.39 is 0 Å². The predicted molar refractivity (Wildman–Crippen MR) is 80.8 cm³/mol. The topological polar surface area (TPSA) is 15.3 Å². The average molecular weight is 276 g/mol. The normalized spacial score (nSPS) is 35.7. The first kappa shape index (κ1) is 12.4. The number of fused-ring (bicyclic) bond motifs is 1. The molecule has 0 saturated carbocycles. The van der Waals surface area contributed by atoms with Gasteiger partial charge in [0.05, 0.1) is 0 Å². The summed E-state index contributed by atoms with van der Waals surface area (Å²) in [6.45, 7) is 2.56. The summed E-state index contributed by atoms with van der Waals surface area (Å²) >= 11 is 1.98. The molecule has 3 heteroatoms. The van der Waals surface area contributed by atoms with Crippen LogP contribution in [0.4, 0.5) is 0 Å². The summed E-state index contributed by atoms with van der Waals surface area (Å²) in [6.07, 6.45) is 9.68. The molecule has 3 aliphatic rings. The molecule has 1 aromatic rings. The molecule has 2 aliphatic heterocycles. The van der Waals surface area contributed by atoms with Gasteiger partial charge in [-0.05, 0) is 75.0 Å². The third kappa shape index (κ3) is 2.16. The van der Waals surface area contributed by atoms with Crippen LogP contribution in [0.5, 0.6) is 0 Å². The Hall–Kier alpha value is -0.380. The fraction of sp³-hybridized carbons (Fsp3) is 0.750. The van der Waals surface area contributed by atoms with Gasteiger partial charge in [-0.15, -0.1) is 11.3 Å². The number of nitrogens with zero attached hydrogens (tertiary/aromatic N) is 1. The Labute approximate surface area is 120 Å². The highest BCUT2D eigenvalue weighted by atomic mass is 32.1. The number of aryl methyl sites for hydroxylation is 1. The number of hydrogen-bond acceptors (Lipinski definition) is 3. The van der Waals surface area contributed by atoms with Gasteiger partial charge in [0.1, 0.15) is 0 Å². The van der Waals surface area contributed by atoms with Crippen molar-refractivity contribution in [3.8, 4) is 0 Å². The molecule has 0 bridgehead atoms. The Morgan fingerprint density at radius 1 is 1.16 bits per heavy atom. The van der Waals surface area contributed by atoms with E-state index in [-0.39, 0.29) is 0 Å². The van der Waals surface area contributed by atoms with Gasteiger partial charge in [-0.1, -0.05) is 0 Å². The first-order valence-electron chi connectivity index (χ1n) is 7.99. The zero-order chi connectivity index (χ0) is 12.7. The maximum atomic E-state index is 3.75. The summed E-state index contributed by atoms with van der Waals surface area (Å²) < 4.78 is 0. The van der Waals surface area contributed by atoms with E-state index in [0.717, 1.165) is 18.1 Å². The smallest absolute Gasteiger partial charge is 0.0362 e. The van der Waals surface area contributed by atoms with Crippen LogP contribution in [0.25, 0.3) is 0 Å². The Balaban J connectivity index is 1.58. The SMILES string of the molecule is c1cc2c(s1)CCCC2N1CCCC1C1CCCN1. The van der Waals surface area contributed by atoms with Crippen molar-refractivity contribution in [2.24, 2.45) is 0 Å². The van der Waals surface area contributed by atoms with E-state index in [4.69, 9.17) is 0 Å². The molecule has 0 spiro atoms. The van der Waals surface area contributed by atoms with Crippen molar-refractivity contribution < 1.29 is 0 Å². The predicted octanol–water partition coefficient (Wildman–Crippen LogP) is 3.34. The molecule has 3 heterocycles. The van der Waals surface area contributed by atoms with E-state index in [1.807, 2.05) is 11.3 Å². The minimum Gasteiger partial charge on any atom is -0.312 e. The Kier molecular flexibility index (Phi) is 3.38. The van der Waals surface area contributed by atoms with Gasteiger partial charge in [0.2, 0.25) is 0 Å². The van der Waals surface area contributed by atoms with Crippen LogP contribution in [0.15, 0.2) is 11.4 Å². The van der Waals surface area contributed by atoms with Gasteiger partial charge in [0.25, 0.3) is 0 Å². The summed E-state index contributed by atoms with van der Waals surface area (Å²) in [4.78, 5) is 4.52. The molecular formula is C16H24N2S. The largest absolute Gasteiger partial charge is 0.312 e. The van der Waals surface area contributed by atoms with Gasteiger partial charge in [-0.3, -0.25) is 4.90 Å². The van der Waals surface area contributed by atoms with E-state index in [1.165, 1.54) is 58.0 Å². The summed E-state index contributed by atoms with van der Waals surface area (Å²) in [5.74, 6) is 0. The molecule has 1 N–H and O–H groups in total. The van der Waals surface area contributed by atoms with Gasteiger partial charge in [-0.2, -0.15) is 0 Å². The van der Waals surface area contributed by atoms with E-state index in [1.54, 1.807) is 10.4 Å². The first-order chi connectivity index (χ1) is 9.43. The number of hydrogen-bond donors (Lipinski definition) is 1. The summed E-state index contributed by atoms with van der Waals surface area (Å²) in [5, 5.41) is 6.05. The molecule has 4 rings (SSSR count). The van der Waals surface area contributed by atoms with E-state index in [9.17, 15) is 0 Å². The zero-order valence-electron chi connectivity index (χ0n) is 11.6. The molecule has 3 atom stereocenters. The average Bonchev–Trinajstić information content (AvgIpc) is 3.18. The van der Waals surface area contributed by atoms with Gasteiger partial charge in [-0.25, -0.2) is 0 Å². The molecule has 2 nitrogen and oxygen atoms in total. The fourth-order valence-corrected chi connectivity index (χ4v) is 5.46. The van der Waals surface area contributed by atoms with Crippen molar-refractivity contribution in [3.05, 3.63) is 21.9 Å². The Bertz CT molecular complexity index is 436. The molecule has 3 unspecified atom stereocenters. The van der Waals surface area contributed by atoms with Crippen molar-refractivity contribution >= 4 is 11.3 Å². The van der Waals surface area contributed by atoms with Crippen molar-refractivity contribution in [1.29, 1.82) is 0 Å². The van der Waals surface area contributed by atoms with Gasteiger partial charge in [0, 0.05) is 23.0 Å². The second-order valence-electron chi connectivity index (χ2n) is 6.36. The van der Waals surface area contributed by atoms with Crippen LogP contribution in [0.1, 0.15) is 55.0 Å². The molecular weight excluding hydrogens is 252 g/mol. The maximum Gasteiger partial charge on any atom is 0.0362 e. The van der Waals surface area contributed by atoms with Crippen molar-refractivity contribution in [3.63, 3.8) is 0 Å². The lowest BCUT2D eigenvalue weighted by molar-refractivity contribution is 0.139. The van der Waals surface area contributed by atoms with Gasteiger partial charge in [0.15, 0.2) is 0 Å². The second kappa shape index (κ2) is 5.19. The fourth-order valence-electron chi connectivity index (χ4n) is 4.48. The third-order valence-electron chi connectivity index (χ3n) is 5.33. The highest BCUT2D eigenvalue weighted by Gasteiger charge is 2.38. The molecule has 19 heavy (non-hydrogen) atoms. The molecule has 0 radical (unpaired) electrons. The number of nitrogens with one attached hydrogen (secondary N) is 1. The maximum absolute atomic E-state index is 3.75. The van der Waals surface area contributed by atoms with Crippen molar-refractivity contribution in [2.75, 3.05) is 13.1 Å². The van der Waals surface area contributed by atoms with Crippen LogP contribution in [-0.2, 0) is 6.42 Å². The molecule has 1 aromatic heterocycles. The summed E-state index contributed by atoms with van der Waals surface area (Å²) in [6, 6.07) is 4.70. The van der Waals surface area contributed by atoms with Crippen LogP contribution in [0.3, 0.4) is 0 Å². The van der Waals surface area contributed by atoms with Crippen molar-refractivity contribution in [1.82, 2.24) is 10.2 Å². The highest BCUT2D eigenvalue weighted by Crippen LogP contribution is 2.41. The molecule has 0 amide bonds. The Morgan fingerprint density at radius 2 is 2.16 bits per heavy atom. The first-order valence-corrected chi connectivity index (χ1v) is 8.87. The lowest BCUT2D eigenvalue weighted by atomic mass is 9.91. The van der Waals surface area contributed by atoms with Crippen LogP contribution in [0.2, 0.25) is 0 Å². The molecule has 2 saturated heterocycles. The summed E-state index contributed by atoms with van der Waals surface area (Å²) in [7, 11) is 0. The lowest BCUT2D eigenvalue weighted by Gasteiger charge is -2.38. The minimum absolute atomic E-state index is 0.727. The van der Waals surface area contributed by atoms with E-state index in [0.29, 0.717) is 0 Å². The van der Waals surface area contributed by atoms with Crippen molar-refractivity contribution in [2.45, 2.75) is 63.1 Å². The van der Waals surface area contributed by atoms with Gasteiger partial charge < -0.3 is 5.32 Å². The molecule has 1 aliphatic carbocycles. The minimum atomic E-state index is 0.727. The number of thiophene rings is 1. The highest BCUT2D eigenvalue weighted by molar-refractivity contribution is 7.10. The number of rotatable bonds is 2.